The fourth-order valence-electron chi connectivity index (χ4n) is 6.13. The van der Waals surface area contributed by atoms with Gasteiger partial charge >= 0.3 is 5.97 Å². The van der Waals surface area contributed by atoms with E-state index in [1.165, 1.54) is 63.5 Å². The number of halogens is 1. The maximum Gasteiger partial charge on any atom is 0.337 e. The Labute approximate surface area is 190 Å². The van der Waals surface area contributed by atoms with E-state index in [1.807, 2.05) is 0 Å². The minimum absolute atomic E-state index is 0.150. The predicted molar refractivity (Wildman–Crippen MR) is 118 cm³/mol. The van der Waals surface area contributed by atoms with Crippen LogP contribution in [0.25, 0.3) is 0 Å². The van der Waals surface area contributed by atoms with Crippen molar-refractivity contribution in [1.82, 2.24) is 15.2 Å². The number of thioether (sulfide) groups is 1. The van der Waals surface area contributed by atoms with E-state index in [-0.39, 0.29) is 17.1 Å². The monoisotopic (exact) mass is 460 g/mol. The van der Waals surface area contributed by atoms with Gasteiger partial charge in [-0.05, 0) is 74.5 Å². The molecule has 31 heavy (non-hydrogen) atoms. The van der Waals surface area contributed by atoms with Gasteiger partial charge in [-0.3, -0.25) is 9.89 Å². The second-order valence-corrected chi connectivity index (χ2v) is 10.5. The number of ether oxygens (including phenoxy) is 1. The summed E-state index contributed by atoms with van der Waals surface area (Å²) < 4.78 is 4.71. The highest BCUT2D eigenvalue weighted by atomic mass is 35.5. The van der Waals surface area contributed by atoms with E-state index in [0.717, 1.165) is 23.6 Å². The summed E-state index contributed by atoms with van der Waals surface area (Å²) in [6.45, 7) is 0. The molecule has 1 heterocycles. The van der Waals surface area contributed by atoms with Crippen LogP contribution in [0.3, 0.4) is 0 Å². The van der Waals surface area contributed by atoms with Crippen LogP contribution in [0, 0.1) is 17.8 Å². The third-order valence-corrected chi connectivity index (χ3v) is 8.18. The molecule has 1 aromatic carbocycles. The number of H-pyrrole nitrogens is 1. The van der Waals surface area contributed by atoms with Crippen molar-refractivity contribution in [3.63, 3.8) is 0 Å². The largest absolute Gasteiger partial charge is 0.465 e. The van der Waals surface area contributed by atoms with Gasteiger partial charge in [0.15, 0.2) is 0 Å². The molecule has 164 valence electrons. The Morgan fingerprint density at radius 3 is 2.55 bits per heavy atom. The molecule has 4 aliphatic carbocycles. The zero-order valence-electron chi connectivity index (χ0n) is 17.3. The number of nitrogens with zero attached hydrogens (tertiary/aromatic N) is 2. The highest BCUT2D eigenvalue weighted by molar-refractivity contribution is 7.99. The van der Waals surface area contributed by atoms with Gasteiger partial charge in [0.25, 0.3) is 0 Å². The number of esters is 1. The molecule has 4 saturated carbocycles. The fourth-order valence-corrected chi connectivity index (χ4v) is 6.89. The summed E-state index contributed by atoms with van der Waals surface area (Å²) in [5.74, 6) is 2.94. The van der Waals surface area contributed by atoms with Crippen LogP contribution in [0.2, 0.25) is 5.02 Å². The van der Waals surface area contributed by atoms with Gasteiger partial charge in [0.2, 0.25) is 11.1 Å². The summed E-state index contributed by atoms with van der Waals surface area (Å²) in [6.07, 6.45) is 7.80. The van der Waals surface area contributed by atoms with E-state index >= 15 is 0 Å². The van der Waals surface area contributed by atoms with Crippen molar-refractivity contribution < 1.29 is 14.3 Å². The Bertz CT molecular complexity index is 989. The van der Waals surface area contributed by atoms with Crippen molar-refractivity contribution in [2.45, 2.75) is 49.1 Å². The average Bonchev–Trinajstić information content (AvgIpc) is 3.22. The molecule has 1 aromatic heterocycles. The molecule has 7 nitrogen and oxygen atoms in total. The molecule has 0 atom stereocenters. The van der Waals surface area contributed by atoms with Crippen LogP contribution < -0.4 is 5.32 Å². The average molecular weight is 461 g/mol. The molecule has 0 unspecified atom stereocenters. The van der Waals surface area contributed by atoms with E-state index in [0.29, 0.717) is 21.4 Å². The molecular weight excluding hydrogens is 436 g/mol. The lowest BCUT2D eigenvalue weighted by atomic mass is 9.49. The molecule has 0 spiro atoms. The number of amides is 1. The Balaban J connectivity index is 1.21. The van der Waals surface area contributed by atoms with E-state index in [1.54, 1.807) is 12.1 Å². The van der Waals surface area contributed by atoms with Crippen LogP contribution in [-0.4, -0.2) is 39.9 Å². The first-order chi connectivity index (χ1) is 14.9. The molecule has 0 saturated heterocycles. The van der Waals surface area contributed by atoms with E-state index in [2.05, 4.69) is 15.5 Å². The van der Waals surface area contributed by atoms with Gasteiger partial charge in [-0.1, -0.05) is 23.4 Å². The van der Waals surface area contributed by atoms with Gasteiger partial charge in [-0.2, -0.15) is 0 Å². The molecule has 2 N–H and O–H groups in total. The van der Waals surface area contributed by atoms with Crippen molar-refractivity contribution in [3.8, 4) is 0 Å². The molecule has 6 rings (SSSR count). The Morgan fingerprint density at radius 1 is 1.23 bits per heavy atom. The number of aromatic amines is 1. The zero-order chi connectivity index (χ0) is 21.6. The molecule has 9 heteroatoms. The van der Waals surface area contributed by atoms with Gasteiger partial charge in [0.1, 0.15) is 5.82 Å². The number of carbonyl (C=O) groups excluding carboxylic acids is 2. The van der Waals surface area contributed by atoms with Crippen molar-refractivity contribution in [2.75, 3.05) is 18.2 Å². The zero-order valence-corrected chi connectivity index (χ0v) is 18.9. The highest BCUT2D eigenvalue weighted by Gasteiger charge is 2.53. The van der Waals surface area contributed by atoms with Crippen molar-refractivity contribution in [2.24, 2.45) is 17.8 Å². The van der Waals surface area contributed by atoms with Gasteiger partial charge in [0.05, 0.1) is 29.1 Å². The highest BCUT2D eigenvalue weighted by Crippen LogP contribution is 2.60. The summed E-state index contributed by atoms with van der Waals surface area (Å²) >= 11 is 7.45. The molecule has 4 fully saturated rings. The second-order valence-electron chi connectivity index (χ2n) is 9.19. The molecule has 0 radical (unpaired) electrons. The standard InChI is InChI=1S/C22H25ClN4O3S/c1-30-19(29)15-2-3-16(23)17(7-15)24-18(28)11-31-21-25-20(26-27-21)22-8-12-4-13(9-22)6-14(5-12)10-22/h2-3,7,12-14H,4-6,8-11H2,1H3,(H,24,28)(H,25,26,27). The van der Waals surface area contributed by atoms with E-state index in [9.17, 15) is 9.59 Å². The van der Waals surface area contributed by atoms with Crippen LogP contribution in [0.1, 0.15) is 54.7 Å². The van der Waals surface area contributed by atoms with E-state index in [4.69, 9.17) is 21.3 Å². The third-order valence-electron chi connectivity index (χ3n) is 7.00. The normalized spacial score (nSPS) is 28.5. The third kappa shape index (κ3) is 4.07. The molecule has 4 aliphatic rings. The van der Waals surface area contributed by atoms with Crippen molar-refractivity contribution in [3.05, 3.63) is 34.6 Å². The minimum atomic E-state index is -0.487. The van der Waals surface area contributed by atoms with Crippen LogP contribution in [-0.2, 0) is 14.9 Å². The molecular formula is C22H25ClN4O3S. The topological polar surface area (TPSA) is 97.0 Å². The number of methoxy groups -OCH3 is 1. The van der Waals surface area contributed by atoms with Crippen LogP contribution in [0.5, 0.6) is 0 Å². The number of anilines is 1. The SMILES string of the molecule is COC(=O)c1ccc(Cl)c(NC(=O)CSc2n[nH]c(C34CC5CC(CC(C5)C3)C4)n2)c1. The summed E-state index contributed by atoms with van der Waals surface area (Å²) in [7, 11) is 1.31. The van der Waals surface area contributed by atoms with Crippen molar-refractivity contribution in [1.29, 1.82) is 0 Å². The number of carbonyl (C=O) groups is 2. The maximum atomic E-state index is 12.4. The summed E-state index contributed by atoms with van der Waals surface area (Å²) in [5.41, 5.74) is 0.855. The predicted octanol–water partition coefficient (Wildman–Crippen LogP) is 4.44. The Hall–Kier alpha value is -2.06. The lowest BCUT2D eigenvalue weighted by molar-refractivity contribution is -0.113. The maximum absolute atomic E-state index is 12.4. The molecule has 4 bridgehead atoms. The van der Waals surface area contributed by atoms with Gasteiger partial charge in [-0.15, -0.1) is 5.10 Å². The van der Waals surface area contributed by atoms with Gasteiger partial charge in [0, 0.05) is 5.41 Å². The summed E-state index contributed by atoms with van der Waals surface area (Å²) in [6, 6.07) is 4.62. The number of nitrogens with one attached hydrogen (secondary N) is 2. The fraction of sp³-hybridized carbons (Fsp3) is 0.545. The van der Waals surface area contributed by atoms with Crippen LogP contribution >= 0.6 is 23.4 Å². The summed E-state index contributed by atoms with van der Waals surface area (Å²) in [5, 5.41) is 11.3. The molecule has 2 aromatic rings. The van der Waals surface area contributed by atoms with Gasteiger partial charge in [-0.25, -0.2) is 9.78 Å². The number of rotatable bonds is 6. The Morgan fingerprint density at radius 2 is 1.90 bits per heavy atom. The Kier molecular flexibility index (Phi) is 5.46. The lowest BCUT2D eigenvalue weighted by Gasteiger charge is -2.55. The van der Waals surface area contributed by atoms with Crippen LogP contribution in [0.4, 0.5) is 5.69 Å². The van der Waals surface area contributed by atoms with Crippen molar-refractivity contribution >= 4 is 40.9 Å². The first-order valence-corrected chi connectivity index (χ1v) is 12.0. The molecule has 1 amide bonds. The van der Waals surface area contributed by atoms with E-state index < -0.39 is 5.97 Å². The summed E-state index contributed by atoms with van der Waals surface area (Å²) in [4.78, 5) is 28.9. The minimum Gasteiger partial charge on any atom is -0.465 e. The number of benzene rings is 1. The number of hydrogen-bond donors (Lipinski definition) is 2. The number of aromatic nitrogens is 3. The van der Waals surface area contributed by atoms with Gasteiger partial charge < -0.3 is 10.1 Å². The smallest absolute Gasteiger partial charge is 0.337 e. The second kappa shape index (κ2) is 8.13. The lowest BCUT2D eigenvalue weighted by Crippen LogP contribution is -2.49. The van der Waals surface area contributed by atoms with Crippen LogP contribution in [0.15, 0.2) is 23.4 Å². The molecule has 0 aliphatic heterocycles. The first-order valence-electron chi connectivity index (χ1n) is 10.7. The first kappa shape index (κ1) is 20.8. The number of hydrogen-bond acceptors (Lipinski definition) is 6. The quantitative estimate of drug-likeness (QED) is 0.488.